The lowest BCUT2D eigenvalue weighted by Crippen LogP contribution is -2.36. The van der Waals surface area contributed by atoms with Gasteiger partial charge in [0.1, 0.15) is 11.5 Å². The first kappa shape index (κ1) is 16.6. The van der Waals surface area contributed by atoms with Gasteiger partial charge in [-0.1, -0.05) is 6.07 Å². The minimum Gasteiger partial charge on any atom is -0.457 e. The molecule has 0 bridgehead atoms. The van der Waals surface area contributed by atoms with E-state index in [1.807, 2.05) is 36.4 Å². The van der Waals surface area contributed by atoms with Crippen LogP contribution in [0.1, 0.15) is 6.42 Å². The number of rotatable bonds is 5. The third kappa shape index (κ3) is 4.39. The molecule has 24 heavy (non-hydrogen) atoms. The molecule has 3 N–H and O–H groups in total. The quantitative estimate of drug-likeness (QED) is 0.810. The highest BCUT2D eigenvalue weighted by Gasteiger charge is 2.25. The number of ether oxygens (including phenoxy) is 1. The van der Waals surface area contributed by atoms with E-state index in [9.17, 15) is 8.42 Å². The zero-order chi connectivity index (χ0) is 17.2. The summed E-state index contributed by atoms with van der Waals surface area (Å²) in [6.45, 7) is 1.46. The molecule has 1 aliphatic heterocycles. The van der Waals surface area contributed by atoms with Crippen molar-refractivity contribution < 1.29 is 13.2 Å². The van der Waals surface area contributed by atoms with Gasteiger partial charge < -0.3 is 15.4 Å². The van der Waals surface area contributed by atoms with Crippen LogP contribution in [0, 0.1) is 0 Å². The van der Waals surface area contributed by atoms with E-state index in [0.29, 0.717) is 12.2 Å². The summed E-state index contributed by atoms with van der Waals surface area (Å²) in [6, 6.07) is 15.0. The van der Waals surface area contributed by atoms with Gasteiger partial charge in [0, 0.05) is 36.6 Å². The first-order valence-electron chi connectivity index (χ1n) is 7.75. The molecule has 1 heterocycles. The van der Waals surface area contributed by atoms with E-state index in [1.54, 1.807) is 12.1 Å². The van der Waals surface area contributed by atoms with E-state index >= 15 is 0 Å². The van der Waals surface area contributed by atoms with Crippen LogP contribution >= 0.6 is 0 Å². The zero-order valence-electron chi connectivity index (χ0n) is 13.5. The van der Waals surface area contributed by atoms with Gasteiger partial charge in [-0.25, -0.2) is 13.1 Å². The van der Waals surface area contributed by atoms with Crippen molar-refractivity contribution in [1.82, 2.24) is 4.72 Å². The number of hydrogen-bond acceptors (Lipinski definition) is 5. The lowest BCUT2D eigenvalue weighted by atomic mass is 10.2. The van der Waals surface area contributed by atoms with Crippen LogP contribution in [0.5, 0.6) is 11.5 Å². The van der Waals surface area contributed by atoms with Crippen LogP contribution in [0.3, 0.4) is 0 Å². The van der Waals surface area contributed by atoms with Crippen LogP contribution in [-0.4, -0.2) is 33.8 Å². The van der Waals surface area contributed by atoms with Gasteiger partial charge in [0.2, 0.25) is 10.0 Å². The lowest BCUT2D eigenvalue weighted by Gasteiger charge is -2.19. The molecular weight excluding hydrogens is 326 g/mol. The molecule has 0 amide bonds. The maximum absolute atomic E-state index is 11.4. The molecule has 1 saturated heterocycles. The molecule has 0 aliphatic carbocycles. The molecule has 0 radical (unpaired) electrons. The zero-order valence-corrected chi connectivity index (χ0v) is 14.3. The largest absolute Gasteiger partial charge is 0.457 e. The highest BCUT2D eigenvalue weighted by atomic mass is 32.2. The molecule has 1 unspecified atom stereocenters. The molecule has 2 aromatic carbocycles. The van der Waals surface area contributed by atoms with Gasteiger partial charge in [-0.2, -0.15) is 0 Å². The molecule has 2 aromatic rings. The summed E-state index contributed by atoms with van der Waals surface area (Å²) in [5.74, 6) is 1.45. The number of nitrogens with one attached hydrogen (secondary N) is 1. The van der Waals surface area contributed by atoms with Crippen LogP contribution < -0.4 is 20.1 Å². The summed E-state index contributed by atoms with van der Waals surface area (Å²) in [5, 5.41) is 0. The number of sulfonamides is 1. The lowest BCUT2D eigenvalue weighted by molar-refractivity contribution is 0.482. The fourth-order valence-corrected chi connectivity index (χ4v) is 3.61. The van der Waals surface area contributed by atoms with E-state index in [2.05, 4.69) is 9.62 Å². The van der Waals surface area contributed by atoms with E-state index < -0.39 is 10.0 Å². The third-order valence-electron chi connectivity index (χ3n) is 3.87. The molecule has 3 rings (SSSR count). The molecule has 6 nitrogen and oxygen atoms in total. The molecule has 1 fully saturated rings. The number of anilines is 2. The number of nitrogen functional groups attached to an aromatic ring is 1. The smallest absolute Gasteiger partial charge is 0.209 e. The maximum Gasteiger partial charge on any atom is 0.209 e. The molecule has 1 aliphatic rings. The Bertz CT molecular complexity index is 806. The normalized spacial score (nSPS) is 17.9. The predicted octanol–water partition coefficient (Wildman–Crippen LogP) is 2.19. The van der Waals surface area contributed by atoms with E-state index in [0.717, 1.165) is 30.2 Å². The number of benzene rings is 2. The summed E-state index contributed by atoms with van der Waals surface area (Å²) < 4.78 is 31.2. The van der Waals surface area contributed by atoms with Gasteiger partial charge >= 0.3 is 0 Å². The Hall–Kier alpha value is -2.25. The van der Waals surface area contributed by atoms with Crippen molar-refractivity contribution in [3.05, 3.63) is 48.5 Å². The molecule has 0 saturated carbocycles. The second-order valence-corrected chi connectivity index (χ2v) is 7.77. The van der Waals surface area contributed by atoms with Gasteiger partial charge in [-0.3, -0.25) is 0 Å². The summed E-state index contributed by atoms with van der Waals surface area (Å²) >= 11 is 0. The van der Waals surface area contributed by atoms with Crippen molar-refractivity contribution in [1.29, 1.82) is 0 Å². The Morgan fingerprint density at radius 3 is 2.62 bits per heavy atom. The first-order valence-corrected chi connectivity index (χ1v) is 9.64. The fourth-order valence-electron chi connectivity index (χ4n) is 2.81. The summed E-state index contributed by atoms with van der Waals surface area (Å²) in [4.78, 5) is 2.15. The maximum atomic E-state index is 11.4. The Balaban J connectivity index is 1.68. The highest BCUT2D eigenvalue weighted by molar-refractivity contribution is 7.88. The summed E-state index contributed by atoms with van der Waals surface area (Å²) in [6.07, 6.45) is 1.98. The molecule has 0 aromatic heterocycles. The van der Waals surface area contributed by atoms with Crippen LogP contribution in [0.2, 0.25) is 0 Å². The standard InChI is InChI=1S/C17H21N3O3S/c1-24(21,22)19-14-9-10-20(12-14)15-3-2-4-17(11-15)23-16-7-5-13(18)6-8-16/h2-8,11,14,19H,9-10,12,18H2,1H3. The second-order valence-electron chi connectivity index (χ2n) is 5.99. The van der Waals surface area contributed by atoms with Gasteiger partial charge in [-0.05, 0) is 42.8 Å². The van der Waals surface area contributed by atoms with Crippen molar-refractivity contribution in [2.24, 2.45) is 0 Å². The van der Waals surface area contributed by atoms with Gasteiger partial charge in [-0.15, -0.1) is 0 Å². The SMILES string of the molecule is CS(=O)(=O)NC1CCN(c2cccc(Oc3ccc(N)cc3)c2)C1. The minimum absolute atomic E-state index is 0.0540. The first-order chi connectivity index (χ1) is 11.4. The number of nitrogens with two attached hydrogens (primary N) is 1. The Kier molecular flexibility index (Phi) is 4.64. The third-order valence-corrected chi connectivity index (χ3v) is 4.63. The average Bonchev–Trinajstić information content (AvgIpc) is 2.96. The van der Waals surface area contributed by atoms with E-state index in [-0.39, 0.29) is 6.04 Å². The molecule has 7 heteroatoms. The number of nitrogens with zero attached hydrogens (tertiary/aromatic N) is 1. The Morgan fingerprint density at radius 2 is 1.92 bits per heavy atom. The predicted molar refractivity (Wildman–Crippen MR) is 96.0 cm³/mol. The summed E-state index contributed by atoms with van der Waals surface area (Å²) in [7, 11) is -3.18. The molecule has 128 valence electrons. The molecule has 0 spiro atoms. The van der Waals surface area contributed by atoms with Crippen molar-refractivity contribution in [2.75, 3.05) is 30.0 Å². The highest BCUT2D eigenvalue weighted by Crippen LogP contribution is 2.28. The summed E-state index contributed by atoms with van der Waals surface area (Å²) in [5.41, 5.74) is 7.38. The van der Waals surface area contributed by atoms with E-state index in [1.165, 1.54) is 6.26 Å². The van der Waals surface area contributed by atoms with Crippen molar-refractivity contribution in [3.63, 3.8) is 0 Å². The van der Waals surface area contributed by atoms with Crippen molar-refractivity contribution in [2.45, 2.75) is 12.5 Å². The second kappa shape index (κ2) is 6.70. The fraction of sp³-hybridized carbons (Fsp3) is 0.294. The van der Waals surface area contributed by atoms with Crippen LogP contribution in [0.25, 0.3) is 0 Å². The Labute approximate surface area is 142 Å². The monoisotopic (exact) mass is 347 g/mol. The van der Waals surface area contributed by atoms with Gasteiger partial charge in [0.15, 0.2) is 0 Å². The van der Waals surface area contributed by atoms with Crippen LogP contribution in [-0.2, 0) is 10.0 Å². The van der Waals surface area contributed by atoms with Crippen molar-refractivity contribution >= 4 is 21.4 Å². The van der Waals surface area contributed by atoms with Crippen LogP contribution in [0.4, 0.5) is 11.4 Å². The van der Waals surface area contributed by atoms with Gasteiger partial charge in [0.25, 0.3) is 0 Å². The minimum atomic E-state index is -3.18. The molecular formula is C17H21N3O3S. The number of hydrogen-bond donors (Lipinski definition) is 2. The van der Waals surface area contributed by atoms with E-state index in [4.69, 9.17) is 10.5 Å². The molecule has 1 atom stereocenters. The van der Waals surface area contributed by atoms with Crippen LogP contribution in [0.15, 0.2) is 48.5 Å². The Morgan fingerprint density at radius 1 is 1.17 bits per heavy atom. The van der Waals surface area contributed by atoms with Gasteiger partial charge in [0.05, 0.1) is 6.26 Å². The topological polar surface area (TPSA) is 84.7 Å². The van der Waals surface area contributed by atoms with Crippen molar-refractivity contribution in [3.8, 4) is 11.5 Å². The average molecular weight is 347 g/mol.